The minimum absolute atomic E-state index is 0.460. The first-order valence-electron chi connectivity index (χ1n) is 7.56. The van der Waals surface area contributed by atoms with Gasteiger partial charge in [-0.1, -0.05) is 13.8 Å². The Morgan fingerprint density at radius 1 is 1.28 bits per heavy atom. The molecule has 3 heteroatoms. The number of piperidine rings is 2. The van der Waals surface area contributed by atoms with Crippen LogP contribution >= 0.6 is 0 Å². The van der Waals surface area contributed by atoms with Gasteiger partial charge in [0.25, 0.3) is 0 Å². The lowest BCUT2D eigenvalue weighted by Gasteiger charge is -2.43. The summed E-state index contributed by atoms with van der Waals surface area (Å²) in [5.41, 5.74) is 0.460. The van der Waals surface area contributed by atoms with E-state index in [0.717, 1.165) is 12.5 Å². The normalized spacial score (nSPS) is 30.5. The number of nitrogens with zero attached hydrogens (tertiary/aromatic N) is 1. The fourth-order valence-corrected chi connectivity index (χ4v) is 3.41. The molecule has 0 aromatic heterocycles. The minimum atomic E-state index is 0.460. The Morgan fingerprint density at radius 3 is 2.61 bits per heavy atom. The summed E-state index contributed by atoms with van der Waals surface area (Å²) < 4.78 is 5.27. The summed E-state index contributed by atoms with van der Waals surface area (Å²) in [6.07, 6.45) is 5.31. The molecule has 1 N–H and O–H groups in total. The second kappa shape index (κ2) is 6.36. The maximum atomic E-state index is 5.27. The van der Waals surface area contributed by atoms with E-state index < -0.39 is 0 Å². The number of hydrogen-bond donors (Lipinski definition) is 1. The maximum absolute atomic E-state index is 5.27. The van der Waals surface area contributed by atoms with Gasteiger partial charge in [-0.25, -0.2) is 0 Å². The van der Waals surface area contributed by atoms with Crippen LogP contribution in [-0.2, 0) is 4.74 Å². The molecule has 3 nitrogen and oxygen atoms in total. The average Bonchev–Trinajstić information content (AvgIpc) is 2.34. The van der Waals surface area contributed by atoms with Crippen molar-refractivity contribution in [3.8, 4) is 0 Å². The summed E-state index contributed by atoms with van der Waals surface area (Å²) in [5.74, 6) is 0.790. The zero-order valence-electron chi connectivity index (χ0n) is 12.4. The molecule has 0 aromatic rings. The molecule has 0 aliphatic carbocycles. The molecule has 0 saturated carbocycles. The monoisotopic (exact) mass is 254 g/mol. The third-order valence-corrected chi connectivity index (χ3v) is 4.88. The van der Waals surface area contributed by atoms with E-state index in [1.807, 2.05) is 7.11 Å². The topological polar surface area (TPSA) is 24.5 Å². The zero-order valence-corrected chi connectivity index (χ0v) is 12.4. The zero-order chi connectivity index (χ0) is 13.0. The summed E-state index contributed by atoms with van der Waals surface area (Å²) in [7, 11) is 1.82. The Balaban J connectivity index is 1.77. The van der Waals surface area contributed by atoms with Crippen LogP contribution in [0.4, 0.5) is 0 Å². The van der Waals surface area contributed by atoms with Crippen molar-refractivity contribution in [3.05, 3.63) is 0 Å². The number of hydrogen-bond acceptors (Lipinski definition) is 3. The van der Waals surface area contributed by atoms with Gasteiger partial charge >= 0.3 is 0 Å². The molecule has 2 rings (SSSR count). The van der Waals surface area contributed by atoms with E-state index in [0.29, 0.717) is 11.5 Å². The van der Waals surface area contributed by atoms with E-state index in [2.05, 4.69) is 24.1 Å². The van der Waals surface area contributed by atoms with Crippen LogP contribution in [0.15, 0.2) is 0 Å². The van der Waals surface area contributed by atoms with Gasteiger partial charge in [-0.2, -0.15) is 0 Å². The van der Waals surface area contributed by atoms with Crippen molar-refractivity contribution in [3.63, 3.8) is 0 Å². The molecular formula is C15H30N2O. The lowest BCUT2D eigenvalue weighted by molar-refractivity contribution is 0.0745. The lowest BCUT2D eigenvalue weighted by Crippen LogP contribution is -2.54. The predicted molar refractivity (Wildman–Crippen MR) is 75.8 cm³/mol. The molecule has 0 amide bonds. The number of ether oxygens (including phenoxy) is 1. The van der Waals surface area contributed by atoms with Crippen molar-refractivity contribution in [2.45, 2.75) is 45.6 Å². The maximum Gasteiger partial charge on any atom is 0.0491 e. The fraction of sp³-hybridized carbons (Fsp3) is 1.00. The van der Waals surface area contributed by atoms with Crippen LogP contribution in [0, 0.1) is 11.3 Å². The smallest absolute Gasteiger partial charge is 0.0491 e. The van der Waals surface area contributed by atoms with E-state index >= 15 is 0 Å². The van der Waals surface area contributed by atoms with Gasteiger partial charge in [0.15, 0.2) is 0 Å². The summed E-state index contributed by atoms with van der Waals surface area (Å²) in [4.78, 5) is 2.65. The van der Waals surface area contributed by atoms with E-state index in [9.17, 15) is 0 Å². The second-order valence-electron chi connectivity index (χ2n) is 6.80. The van der Waals surface area contributed by atoms with Gasteiger partial charge in [0.05, 0.1) is 0 Å². The molecule has 0 bridgehead atoms. The van der Waals surface area contributed by atoms with Crippen LogP contribution in [0.5, 0.6) is 0 Å². The highest BCUT2D eigenvalue weighted by Gasteiger charge is 2.33. The molecule has 106 valence electrons. The molecule has 2 aliphatic heterocycles. The SMILES string of the molecule is COCC1CCN(CC2NCCCC2(C)C)CC1. The molecule has 0 spiro atoms. The first-order valence-corrected chi connectivity index (χ1v) is 7.56. The molecule has 2 heterocycles. The quantitative estimate of drug-likeness (QED) is 0.832. The van der Waals surface area contributed by atoms with Gasteiger partial charge < -0.3 is 15.0 Å². The van der Waals surface area contributed by atoms with Gasteiger partial charge in [-0.15, -0.1) is 0 Å². The largest absolute Gasteiger partial charge is 0.384 e. The molecule has 18 heavy (non-hydrogen) atoms. The van der Waals surface area contributed by atoms with Gasteiger partial charge in [-0.05, 0) is 56.7 Å². The summed E-state index contributed by atoms with van der Waals surface area (Å²) in [6, 6.07) is 0.672. The van der Waals surface area contributed by atoms with Crippen molar-refractivity contribution in [2.75, 3.05) is 39.9 Å². The Bertz CT molecular complexity index is 247. The van der Waals surface area contributed by atoms with Crippen molar-refractivity contribution >= 4 is 0 Å². The van der Waals surface area contributed by atoms with Crippen LogP contribution in [0.25, 0.3) is 0 Å². The highest BCUT2D eigenvalue weighted by Crippen LogP contribution is 2.31. The number of likely N-dealkylation sites (tertiary alicyclic amines) is 1. The van der Waals surface area contributed by atoms with Gasteiger partial charge in [0.2, 0.25) is 0 Å². The van der Waals surface area contributed by atoms with Crippen LogP contribution < -0.4 is 5.32 Å². The minimum Gasteiger partial charge on any atom is -0.384 e. The molecule has 2 fully saturated rings. The summed E-state index contributed by atoms with van der Waals surface area (Å²) in [6.45, 7) is 10.7. The van der Waals surface area contributed by atoms with Crippen molar-refractivity contribution in [1.82, 2.24) is 10.2 Å². The van der Waals surface area contributed by atoms with Crippen LogP contribution in [0.3, 0.4) is 0 Å². The number of methoxy groups -OCH3 is 1. The van der Waals surface area contributed by atoms with Crippen LogP contribution in [0.1, 0.15) is 39.5 Å². The molecule has 0 radical (unpaired) electrons. The van der Waals surface area contributed by atoms with E-state index in [4.69, 9.17) is 4.74 Å². The highest BCUT2D eigenvalue weighted by molar-refractivity contribution is 4.91. The highest BCUT2D eigenvalue weighted by atomic mass is 16.5. The van der Waals surface area contributed by atoms with E-state index in [1.165, 1.54) is 51.9 Å². The van der Waals surface area contributed by atoms with Gasteiger partial charge in [0, 0.05) is 26.3 Å². The molecule has 2 aliphatic rings. The van der Waals surface area contributed by atoms with Crippen molar-refractivity contribution in [1.29, 1.82) is 0 Å². The molecular weight excluding hydrogens is 224 g/mol. The second-order valence-corrected chi connectivity index (χ2v) is 6.80. The molecule has 0 aromatic carbocycles. The van der Waals surface area contributed by atoms with Crippen molar-refractivity contribution in [2.24, 2.45) is 11.3 Å². The Labute approximate surface area is 112 Å². The molecule has 1 atom stereocenters. The van der Waals surface area contributed by atoms with Gasteiger partial charge in [-0.3, -0.25) is 0 Å². The van der Waals surface area contributed by atoms with Gasteiger partial charge in [0.1, 0.15) is 0 Å². The molecule has 1 unspecified atom stereocenters. The van der Waals surface area contributed by atoms with Crippen molar-refractivity contribution < 1.29 is 4.74 Å². The lowest BCUT2D eigenvalue weighted by atomic mass is 9.77. The summed E-state index contributed by atoms with van der Waals surface area (Å²) in [5, 5.41) is 3.73. The fourth-order valence-electron chi connectivity index (χ4n) is 3.41. The Kier molecular flexibility index (Phi) is 5.05. The number of nitrogens with one attached hydrogen (secondary N) is 1. The van der Waals surface area contributed by atoms with Crippen LogP contribution in [0.2, 0.25) is 0 Å². The Morgan fingerprint density at radius 2 is 2.00 bits per heavy atom. The van der Waals surface area contributed by atoms with Crippen LogP contribution in [-0.4, -0.2) is 50.8 Å². The Hall–Kier alpha value is -0.120. The standard InChI is InChI=1S/C15H30N2O/c1-15(2)7-4-8-16-14(15)11-17-9-5-13(6-10-17)12-18-3/h13-14,16H,4-12H2,1-3H3. The molecule has 2 saturated heterocycles. The average molecular weight is 254 g/mol. The first kappa shape index (κ1) is 14.3. The van der Waals surface area contributed by atoms with E-state index in [1.54, 1.807) is 0 Å². The summed E-state index contributed by atoms with van der Waals surface area (Å²) >= 11 is 0. The third-order valence-electron chi connectivity index (χ3n) is 4.88. The predicted octanol–water partition coefficient (Wildman–Crippen LogP) is 2.12. The third kappa shape index (κ3) is 3.69. The number of rotatable bonds is 4. The first-order chi connectivity index (χ1) is 8.62. The van der Waals surface area contributed by atoms with E-state index in [-0.39, 0.29) is 0 Å².